The summed E-state index contributed by atoms with van der Waals surface area (Å²) in [5, 5.41) is 7.19. The van der Waals surface area contributed by atoms with Crippen molar-refractivity contribution in [2.24, 2.45) is 5.73 Å². The molecular formula is C11H24N4. The number of amidine groups is 1. The molecule has 0 aliphatic carbocycles. The van der Waals surface area contributed by atoms with E-state index in [1.165, 1.54) is 6.42 Å². The molecule has 4 heteroatoms. The van der Waals surface area contributed by atoms with Gasteiger partial charge < -0.3 is 10.6 Å². The molecule has 0 saturated carbocycles. The van der Waals surface area contributed by atoms with Gasteiger partial charge in [0.25, 0.3) is 0 Å². The lowest BCUT2D eigenvalue weighted by atomic mass is 10.2. The molecule has 1 saturated heterocycles. The highest BCUT2D eigenvalue weighted by atomic mass is 15.3. The van der Waals surface area contributed by atoms with E-state index in [1.54, 1.807) is 0 Å². The molecule has 0 amide bonds. The first-order valence-corrected chi connectivity index (χ1v) is 5.92. The number of nitrogens with zero attached hydrogens (tertiary/aromatic N) is 2. The molecule has 0 bridgehead atoms. The minimum atomic E-state index is 0.305. The molecule has 4 nitrogen and oxygen atoms in total. The Bertz CT molecular complexity index is 197. The number of piperazine rings is 1. The maximum Gasteiger partial charge on any atom is 0.0918 e. The van der Waals surface area contributed by atoms with Crippen molar-refractivity contribution in [2.45, 2.75) is 32.7 Å². The Morgan fingerprint density at radius 1 is 1.33 bits per heavy atom. The van der Waals surface area contributed by atoms with Crippen molar-refractivity contribution in [3.8, 4) is 0 Å². The molecule has 88 valence electrons. The molecule has 3 N–H and O–H groups in total. The van der Waals surface area contributed by atoms with Crippen LogP contribution < -0.4 is 5.73 Å². The molecular weight excluding hydrogens is 188 g/mol. The summed E-state index contributed by atoms with van der Waals surface area (Å²) in [5.74, 6) is 0.305. The highest BCUT2D eigenvalue weighted by Gasteiger charge is 2.19. The lowest BCUT2D eigenvalue weighted by Crippen LogP contribution is -2.49. The Labute approximate surface area is 92.9 Å². The average Bonchev–Trinajstić information content (AvgIpc) is 2.26. The van der Waals surface area contributed by atoms with E-state index >= 15 is 0 Å². The van der Waals surface area contributed by atoms with E-state index in [2.05, 4.69) is 23.6 Å². The van der Waals surface area contributed by atoms with Crippen molar-refractivity contribution in [3.05, 3.63) is 0 Å². The van der Waals surface area contributed by atoms with E-state index in [4.69, 9.17) is 11.1 Å². The smallest absolute Gasteiger partial charge is 0.0918 e. The fourth-order valence-electron chi connectivity index (χ4n) is 1.96. The number of rotatable bonds is 5. The average molecular weight is 212 g/mol. The molecule has 0 aromatic rings. The van der Waals surface area contributed by atoms with Crippen LogP contribution in [0.5, 0.6) is 0 Å². The number of nitrogens with two attached hydrogens (primary N) is 1. The number of hydrogen-bond acceptors (Lipinski definition) is 3. The molecule has 0 spiro atoms. The van der Waals surface area contributed by atoms with Gasteiger partial charge in [0.1, 0.15) is 0 Å². The van der Waals surface area contributed by atoms with E-state index in [1.807, 2.05) is 0 Å². The van der Waals surface area contributed by atoms with Gasteiger partial charge in [0.15, 0.2) is 0 Å². The zero-order valence-electron chi connectivity index (χ0n) is 10.00. The summed E-state index contributed by atoms with van der Waals surface area (Å²) in [6, 6.07) is 0.708. The molecule has 1 atom stereocenters. The Morgan fingerprint density at radius 2 is 1.93 bits per heavy atom. The van der Waals surface area contributed by atoms with Gasteiger partial charge in [-0.2, -0.15) is 0 Å². The molecule has 1 fully saturated rings. The summed E-state index contributed by atoms with van der Waals surface area (Å²) in [4.78, 5) is 4.95. The predicted molar refractivity (Wildman–Crippen MR) is 64.3 cm³/mol. The summed E-state index contributed by atoms with van der Waals surface area (Å²) in [6.07, 6.45) is 1.94. The van der Waals surface area contributed by atoms with Crippen LogP contribution in [0, 0.1) is 5.41 Å². The molecule has 15 heavy (non-hydrogen) atoms. The van der Waals surface area contributed by atoms with E-state index in [9.17, 15) is 0 Å². The highest BCUT2D eigenvalue weighted by Crippen LogP contribution is 2.08. The van der Waals surface area contributed by atoms with E-state index in [0.29, 0.717) is 18.3 Å². The third-order valence-electron chi connectivity index (χ3n) is 3.32. The number of nitrogens with one attached hydrogen (secondary N) is 1. The Balaban J connectivity index is 2.20. The normalized spacial score (nSPS) is 21.5. The Morgan fingerprint density at radius 3 is 2.40 bits per heavy atom. The third kappa shape index (κ3) is 4.18. The highest BCUT2D eigenvalue weighted by molar-refractivity contribution is 5.76. The molecule has 0 radical (unpaired) electrons. The van der Waals surface area contributed by atoms with Crippen LogP contribution in [0.1, 0.15) is 26.7 Å². The molecule has 0 aromatic carbocycles. The fourth-order valence-corrected chi connectivity index (χ4v) is 1.96. The topological polar surface area (TPSA) is 56.4 Å². The van der Waals surface area contributed by atoms with Gasteiger partial charge in [0.05, 0.1) is 5.84 Å². The summed E-state index contributed by atoms with van der Waals surface area (Å²) in [7, 11) is 0. The van der Waals surface area contributed by atoms with Crippen LogP contribution in [0.25, 0.3) is 0 Å². The van der Waals surface area contributed by atoms with E-state index < -0.39 is 0 Å². The molecule has 1 aliphatic heterocycles. The van der Waals surface area contributed by atoms with Gasteiger partial charge in [0.2, 0.25) is 0 Å². The third-order valence-corrected chi connectivity index (χ3v) is 3.32. The fraction of sp³-hybridized carbons (Fsp3) is 0.909. The molecule has 1 aliphatic rings. The van der Waals surface area contributed by atoms with Crippen LogP contribution in [0.2, 0.25) is 0 Å². The lowest BCUT2D eigenvalue weighted by molar-refractivity contribution is 0.102. The second kappa shape index (κ2) is 6.08. The van der Waals surface area contributed by atoms with Crippen molar-refractivity contribution in [3.63, 3.8) is 0 Å². The van der Waals surface area contributed by atoms with Gasteiger partial charge in [-0.3, -0.25) is 10.3 Å². The molecule has 1 rings (SSSR count). The zero-order chi connectivity index (χ0) is 11.3. The maximum absolute atomic E-state index is 7.19. The first-order chi connectivity index (χ1) is 7.13. The standard InChI is InChI=1S/C11H24N4/c1-3-10(2)15-8-6-14(7-9-15)5-4-11(12)13/h10H,3-9H2,1-2H3,(H3,12,13). The largest absolute Gasteiger partial charge is 0.388 e. The Hall–Kier alpha value is -0.610. The predicted octanol–water partition coefficient (Wildman–Crippen LogP) is 0.729. The van der Waals surface area contributed by atoms with Gasteiger partial charge >= 0.3 is 0 Å². The summed E-state index contributed by atoms with van der Waals surface area (Å²) in [6.45, 7) is 10.1. The lowest BCUT2D eigenvalue weighted by Gasteiger charge is -2.37. The van der Waals surface area contributed by atoms with E-state index in [-0.39, 0.29) is 0 Å². The first kappa shape index (κ1) is 12.5. The minimum absolute atomic E-state index is 0.305. The van der Waals surface area contributed by atoms with Crippen LogP contribution in [0.4, 0.5) is 0 Å². The van der Waals surface area contributed by atoms with Crippen molar-refractivity contribution >= 4 is 5.84 Å². The van der Waals surface area contributed by atoms with Crippen molar-refractivity contribution < 1.29 is 0 Å². The minimum Gasteiger partial charge on any atom is -0.388 e. The van der Waals surface area contributed by atoms with Gasteiger partial charge in [-0.15, -0.1) is 0 Å². The van der Waals surface area contributed by atoms with Crippen molar-refractivity contribution in [1.29, 1.82) is 5.41 Å². The Kier molecular flexibility index (Phi) is 5.05. The summed E-state index contributed by atoms with van der Waals surface area (Å²) < 4.78 is 0. The van der Waals surface area contributed by atoms with Crippen LogP contribution >= 0.6 is 0 Å². The summed E-state index contributed by atoms with van der Waals surface area (Å²) >= 11 is 0. The van der Waals surface area contributed by atoms with Gasteiger partial charge in [-0.25, -0.2) is 0 Å². The first-order valence-electron chi connectivity index (χ1n) is 5.92. The van der Waals surface area contributed by atoms with Gasteiger partial charge in [-0.1, -0.05) is 6.92 Å². The molecule has 0 aromatic heterocycles. The van der Waals surface area contributed by atoms with Gasteiger partial charge in [-0.05, 0) is 13.3 Å². The van der Waals surface area contributed by atoms with Gasteiger partial charge in [0, 0.05) is 45.2 Å². The van der Waals surface area contributed by atoms with E-state index in [0.717, 1.165) is 32.7 Å². The molecule has 1 heterocycles. The maximum atomic E-state index is 7.19. The second-order valence-corrected chi connectivity index (χ2v) is 4.41. The monoisotopic (exact) mass is 212 g/mol. The van der Waals surface area contributed by atoms with Crippen LogP contribution in [0.15, 0.2) is 0 Å². The number of hydrogen-bond donors (Lipinski definition) is 2. The summed E-state index contributed by atoms with van der Waals surface area (Å²) in [5.41, 5.74) is 5.35. The second-order valence-electron chi connectivity index (χ2n) is 4.41. The van der Waals surface area contributed by atoms with Crippen LogP contribution in [-0.4, -0.2) is 54.4 Å². The molecule has 1 unspecified atom stereocenters. The van der Waals surface area contributed by atoms with Crippen molar-refractivity contribution in [1.82, 2.24) is 9.80 Å². The zero-order valence-corrected chi connectivity index (χ0v) is 10.00. The van der Waals surface area contributed by atoms with Crippen LogP contribution in [0.3, 0.4) is 0 Å². The quantitative estimate of drug-likeness (QED) is 0.522. The van der Waals surface area contributed by atoms with Crippen molar-refractivity contribution in [2.75, 3.05) is 32.7 Å². The SMILES string of the molecule is CCC(C)N1CCN(CCC(=N)N)CC1. The van der Waals surface area contributed by atoms with Crippen LogP contribution in [-0.2, 0) is 0 Å².